The molecule has 0 unspecified atom stereocenters. The molecule has 0 saturated heterocycles. The number of anilines is 2. The number of nitrogens with two attached hydrogens (primary N) is 1. The first kappa shape index (κ1) is 14.9. The zero-order valence-corrected chi connectivity index (χ0v) is 12.1. The Morgan fingerprint density at radius 1 is 1.43 bits per heavy atom. The van der Waals surface area contributed by atoms with Crippen LogP contribution < -0.4 is 16.6 Å². The fourth-order valence-electron chi connectivity index (χ4n) is 1.63. The van der Waals surface area contributed by atoms with Crippen molar-refractivity contribution in [3.8, 4) is 6.07 Å². The molecule has 2 aromatic rings. The number of carbonyl (C=O) groups is 1. The molecule has 0 spiro atoms. The van der Waals surface area contributed by atoms with E-state index < -0.39 is 11.7 Å². The third-order valence-corrected chi connectivity index (χ3v) is 3.02. The van der Waals surface area contributed by atoms with Crippen LogP contribution in [0.1, 0.15) is 15.9 Å². The largest absolute Gasteiger partial charge is 0.321 e. The number of halogens is 2. The molecule has 0 fully saturated rings. The number of nitrogen functional groups attached to an aromatic ring is 1. The molecule has 21 heavy (non-hydrogen) atoms. The van der Waals surface area contributed by atoms with Crippen LogP contribution in [0.3, 0.4) is 0 Å². The summed E-state index contributed by atoms with van der Waals surface area (Å²) >= 11 is 3.20. The summed E-state index contributed by atoms with van der Waals surface area (Å²) in [6.45, 7) is 0. The van der Waals surface area contributed by atoms with Crippen LogP contribution in [0, 0.1) is 17.1 Å². The van der Waals surface area contributed by atoms with Crippen LogP contribution in [0.4, 0.5) is 15.9 Å². The molecule has 6 nitrogen and oxygen atoms in total. The zero-order valence-electron chi connectivity index (χ0n) is 10.5. The lowest BCUT2D eigenvalue weighted by Crippen LogP contribution is -2.19. The quantitative estimate of drug-likeness (QED) is 0.583. The molecule has 0 aliphatic rings. The topological polar surface area (TPSA) is 104 Å². The number of nitriles is 1. The van der Waals surface area contributed by atoms with Gasteiger partial charge in [0.05, 0.1) is 16.8 Å². The predicted molar refractivity (Wildman–Crippen MR) is 78.8 cm³/mol. The van der Waals surface area contributed by atoms with E-state index in [9.17, 15) is 9.18 Å². The molecule has 0 aliphatic carbocycles. The van der Waals surface area contributed by atoms with Gasteiger partial charge in [0.25, 0.3) is 5.91 Å². The third kappa shape index (κ3) is 3.34. The average Bonchev–Trinajstić information content (AvgIpc) is 2.48. The number of aromatic nitrogens is 1. The Balaban J connectivity index is 2.35. The second kappa shape index (κ2) is 6.30. The van der Waals surface area contributed by atoms with E-state index >= 15 is 0 Å². The van der Waals surface area contributed by atoms with Gasteiger partial charge in [0, 0.05) is 10.7 Å². The van der Waals surface area contributed by atoms with Gasteiger partial charge < -0.3 is 10.7 Å². The van der Waals surface area contributed by atoms with Gasteiger partial charge in [0.2, 0.25) is 0 Å². The Labute approximate surface area is 127 Å². The highest BCUT2D eigenvalue weighted by Gasteiger charge is 2.15. The minimum Gasteiger partial charge on any atom is -0.321 e. The third-order valence-electron chi connectivity index (χ3n) is 2.59. The van der Waals surface area contributed by atoms with Gasteiger partial charge in [0.15, 0.2) is 5.82 Å². The molecule has 106 valence electrons. The van der Waals surface area contributed by atoms with Crippen LogP contribution in [0.15, 0.2) is 34.9 Å². The molecule has 1 heterocycles. The molecule has 1 amide bonds. The number of carbonyl (C=O) groups excluding carboxylic acids is 1. The number of benzene rings is 1. The lowest BCUT2D eigenvalue weighted by atomic mass is 10.1. The molecule has 2 rings (SSSR count). The minimum atomic E-state index is -0.557. The Hall–Kier alpha value is -2.50. The lowest BCUT2D eigenvalue weighted by molar-refractivity contribution is 0.102. The standard InChI is InChI=1S/C13H9BrFN5O/c14-8-4-10(12(20-17)18-6-8)13(21)19-11-2-1-9(15)3-7(11)5-16/h1-4,6H,17H2,(H,18,20)(H,19,21). The van der Waals surface area contributed by atoms with E-state index in [0.717, 1.165) is 12.1 Å². The van der Waals surface area contributed by atoms with Gasteiger partial charge in [-0.15, -0.1) is 0 Å². The number of nitrogens with one attached hydrogen (secondary N) is 2. The van der Waals surface area contributed by atoms with Gasteiger partial charge in [-0.3, -0.25) is 4.79 Å². The SMILES string of the molecule is N#Cc1cc(F)ccc1NC(=O)c1cc(Br)cnc1NN. The molecule has 1 aromatic carbocycles. The van der Waals surface area contributed by atoms with Crippen LogP contribution in [0.25, 0.3) is 0 Å². The summed E-state index contributed by atoms with van der Waals surface area (Å²) in [4.78, 5) is 16.2. The van der Waals surface area contributed by atoms with Crippen LogP contribution in [0.2, 0.25) is 0 Å². The normalized spacial score (nSPS) is 9.81. The summed E-state index contributed by atoms with van der Waals surface area (Å²) in [7, 11) is 0. The van der Waals surface area contributed by atoms with E-state index in [-0.39, 0.29) is 22.6 Å². The van der Waals surface area contributed by atoms with Gasteiger partial charge in [-0.2, -0.15) is 5.26 Å². The number of hydrogen-bond donors (Lipinski definition) is 3. The van der Waals surface area contributed by atoms with Crippen molar-refractivity contribution < 1.29 is 9.18 Å². The highest BCUT2D eigenvalue weighted by Crippen LogP contribution is 2.21. The molecule has 1 aromatic heterocycles. The molecule has 8 heteroatoms. The van der Waals surface area contributed by atoms with Crippen molar-refractivity contribution >= 4 is 33.3 Å². The number of amides is 1. The maximum atomic E-state index is 13.1. The zero-order chi connectivity index (χ0) is 15.4. The van der Waals surface area contributed by atoms with Crippen LogP contribution in [-0.2, 0) is 0 Å². The Morgan fingerprint density at radius 2 is 2.19 bits per heavy atom. The maximum Gasteiger partial charge on any atom is 0.259 e. The highest BCUT2D eigenvalue weighted by atomic mass is 79.9. The van der Waals surface area contributed by atoms with Crippen molar-refractivity contribution in [3.63, 3.8) is 0 Å². The predicted octanol–water partition coefficient (Wildman–Crippen LogP) is 2.39. The van der Waals surface area contributed by atoms with Gasteiger partial charge >= 0.3 is 0 Å². The monoisotopic (exact) mass is 349 g/mol. The van der Waals surface area contributed by atoms with Crippen LogP contribution >= 0.6 is 15.9 Å². The van der Waals surface area contributed by atoms with Crippen molar-refractivity contribution in [2.75, 3.05) is 10.7 Å². The highest BCUT2D eigenvalue weighted by molar-refractivity contribution is 9.10. The van der Waals surface area contributed by atoms with Crippen molar-refractivity contribution in [1.29, 1.82) is 5.26 Å². The fourth-order valence-corrected chi connectivity index (χ4v) is 1.97. The van der Waals surface area contributed by atoms with Crippen molar-refractivity contribution in [2.24, 2.45) is 5.84 Å². The maximum absolute atomic E-state index is 13.1. The summed E-state index contributed by atoms with van der Waals surface area (Å²) in [6, 6.07) is 6.84. The Morgan fingerprint density at radius 3 is 2.86 bits per heavy atom. The molecule has 0 radical (unpaired) electrons. The second-order valence-corrected chi connectivity index (χ2v) is 4.87. The first-order chi connectivity index (χ1) is 10.0. The number of pyridine rings is 1. The van der Waals surface area contributed by atoms with Gasteiger partial charge in [-0.05, 0) is 40.2 Å². The summed E-state index contributed by atoms with van der Waals surface area (Å²) < 4.78 is 13.6. The molecular formula is C13H9BrFN5O. The summed E-state index contributed by atoms with van der Waals surface area (Å²) in [5.41, 5.74) is 2.71. The average molecular weight is 350 g/mol. The van der Waals surface area contributed by atoms with E-state index in [1.807, 2.05) is 6.07 Å². The Bertz CT molecular complexity index is 744. The summed E-state index contributed by atoms with van der Waals surface area (Å²) in [5.74, 6) is 4.39. The molecule has 0 aliphatic heterocycles. The van der Waals surface area contributed by atoms with Crippen molar-refractivity contribution in [2.45, 2.75) is 0 Å². The fraction of sp³-hybridized carbons (Fsp3) is 0. The van der Waals surface area contributed by atoms with Gasteiger partial charge in [-0.25, -0.2) is 15.2 Å². The van der Waals surface area contributed by atoms with Gasteiger partial charge in [-0.1, -0.05) is 0 Å². The molecular weight excluding hydrogens is 341 g/mol. The van der Waals surface area contributed by atoms with E-state index in [4.69, 9.17) is 11.1 Å². The smallest absolute Gasteiger partial charge is 0.259 e. The Kier molecular flexibility index (Phi) is 4.47. The van der Waals surface area contributed by atoms with Gasteiger partial charge in [0.1, 0.15) is 11.9 Å². The lowest BCUT2D eigenvalue weighted by Gasteiger charge is -2.10. The van der Waals surface area contributed by atoms with E-state index in [1.165, 1.54) is 18.3 Å². The number of nitrogens with zero attached hydrogens (tertiary/aromatic N) is 2. The molecule has 0 bridgehead atoms. The van der Waals surface area contributed by atoms with E-state index in [2.05, 4.69) is 31.7 Å². The second-order valence-electron chi connectivity index (χ2n) is 3.95. The van der Waals surface area contributed by atoms with Crippen molar-refractivity contribution in [3.05, 3.63) is 51.9 Å². The van der Waals surface area contributed by atoms with E-state index in [0.29, 0.717) is 4.47 Å². The first-order valence-electron chi connectivity index (χ1n) is 5.68. The number of hydrazine groups is 1. The number of rotatable bonds is 3. The first-order valence-corrected chi connectivity index (χ1v) is 6.47. The minimum absolute atomic E-state index is 0.0218. The van der Waals surface area contributed by atoms with Crippen LogP contribution in [0.5, 0.6) is 0 Å². The van der Waals surface area contributed by atoms with Crippen LogP contribution in [-0.4, -0.2) is 10.9 Å². The number of hydrogen-bond acceptors (Lipinski definition) is 5. The van der Waals surface area contributed by atoms with E-state index in [1.54, 1.807) is 0 Å². The molecule has 0 saturated carbocycles. The molecule has 4 N–H and O–H groups in total. The molecule has 0 atom stereocenters. The van der Waals surface area contributed by atoms with Crippen molar-refractivity contribution in [1.82, 2.24) is 4.98 Å². The summed E-state index contributed by atoms with van der Waals surface area (Å²) in [5, 5.41) is 11.5. The summed E-state index contributed by atoms with van der Waals surface area (Å²) in [6.07, 6.45) is 1.48.